The van der Waals surface area contributed by atoms with E-state index in [1.165, 1.54) is 12.1 Å². The summed E-state index contributed by atoms with van der Waals surface area (Å²) in [4.78, 5) is 22.7. The minimum Gasteiger partial charge on any atom is -0.345 e. The molecule has 1 amide bonds. The molecule has 2 rings (SSSR count). The van der Waals surface area contributed by atoms with Crippen molar-refractivity contribution in [3.63, 3.8) is 0 Å². The van der Waals surface area contributed by atoms with E-state index in [0.717, 1.165) is 28.9 Å². The van der Waals surface area contributed by atoms with Crippen molar-refractivity contribution in [2.45, 2.75) is 26.3 Å². The smallest absolute Gasteiger partial charge is 0.324 e. The zero-order chi connectivity index (χ0) is 15.4. The molecule has 110 valence electrons. The van der Waals surface area contributed by atoms with Crippen LogP contribution < -0.4 is 5.32 Å². The topological polar surface area (TPSA) is 72.2 Å². The summed E-state index contributed by atoms with van der Waals surface area (Å²) in [6, 6.07) is 10.7. The van der Waals surface area contributed by atoms with Crippen LogP contribution in [-0.4, -0.2) is 10.8 Å². The number of nitrogens with zero attached hydrogens (tertiary/aromatic N) is 1. The molecule has 0 spiro atoms. The number of thiophene rings is 1. The van der Waals surface area contributed by atoms with Gasteiger partial charge in [-0.1, -0.05) is 48.1 Å². The molecule has 21 heavy (non-hydrogen) atoms. The van der Waals surface area contributed by atoms with Gasteiger partial charge >= 0.3 is 5.00 Å². The van der Waals surface area contributed by atoms with Gasteiger partial charge in [-0.2, -0.15) is 0 Å². The zero-order valence-electron chi connectivity index (χ0n) is 11.8. The Kier molecular flexibility index (Phi) is 4.70. The summed E-state index contributed by atoms with van der Waals surface area (Å²) < 4.78 is 0. The van der Waals surface area contributed by atoms with Crippen molar-refractivity contribution < 1.29 is 9.72 Å². The number of nitro groups is 1. The van der Waals surface area contributed by atoms with Gasteiger partial charge in [-0.05, 0) is 25.0 Å². The summed E-state index contributed by atoms with van der Waals surface area (Å²) in [5.74, 6) is -0.277. The molecule has 5 nitrogen and oxygen atoms in total. The van der Waals surface area contributed by atoms with E-state index in [1.807, 2.05) is 38.1 Å². The molecule has 0 aliphatic heterocycles. The molecule has 1 heterocycles. The van der Waals surface area contributed by atoms with Gasteiger partial charge < -0.3 is 5.32 Å². The van der Waals surface area contributed by atoms with Crippen LogP contribution in [0.4, 0.5) is 5.00 Å². The van der Waals surface area contributed by atoms with Crippen LogP contribution in [0.15, 0.2) is 36.4 Å². The van der Waals surface area contributed by atoms with Crippen LogP contribution in [0.1, 0.15) is 40.2 Å². The molecule has 0 saturated carbocycles. The first kappa shape index (κ1) is 15.2. The highest BCUT2D eigenvalue weighted by Gasteiger charge is 2.18. The summed E-state index contributed by atoms with van der Waals surface area (Å²) in [5, 5.41) is 13.5. The van der Waals surface area contributed by atoms with E-state index in [-0.39, 0.29) is 17.0 Å². The van der Waals surface area contributed by atoms with Crippen LogP contribution >= 0.6 is 11.3 Å². The first-order valence-electron chi connectivity index (χ1n) is 6.63. The molecule has 1 atom stereocenters. The van der Waals surface area contributed by atoms with Gasteiger partial charge in [0.05, 0.1) is 15.8 Å². The number of aryl methyl sites for hydroxylation is 1. The first-order valence-corrected chi connectivity index (χ1v) is 7.44. The van der Waals surface area contributed by atoms with E-state index in [9.17, 15) is 14.9 Å². The lowest BCUT2D eigenvalue weighted by atomic mass is 10.0. The van der Waals surface area contributed by atoms with Crippen molar-refractivity contribution in [3.8, 4) is 0 Å². The minimum atomic E-state index is -0.487. The lowest BCUT2D eigenvalue weighted by Crippen LogP contribution is -2.27. The molecular weight excluding hydrogens is 288 g/mol. The summed E-state index contributed by atoms with van der Waals surface area (Å²) in [6.45, 7) is 4.00. The number of hydrogen-bond acceptors (Lipinski definition) is 4. The Hall–Kier alpha value is -2.21. The highest BCUT2D eigenvalue weighted by Crippen LogP contribution is 2.25. The molecule has 2 aromatic rings. The quantitative estimate of drug-likeness (QED) is 0.673. The molecule has 0 saturated heterocycles. The molecule has 1 aromatic carbocycles. The summed E-state index contributed by atoms with van der Waals surface area (Å²) >= 11 is 0.888. The van der Waals surface area contributed by atoms with Gasteiger partial charge in [-0.15, -0.1) is 0 Å². The van der Waals surface area contributed by atoms with Crippen LogP contribution in [0.25, 0.3) is 0 Å². The number of amides is 1. The van der Waals surface area contributed by atoms with Crippen molar-refractivity contribution in [2.75, 3.05) is 0 Å². The van der Waals surface area contributed by atoms with E-state index >= 15 is 0 Å². The molecule has 1 N–H and O–H groups in total. The third-order valence-electron chi connectivity index (χ3n) is 3.19. The maximum atomic E-state index is 12.2. The van der Waals surface area contributed by atoms with Gasteiger partial charge in [0.25, 0.3) is 5.91 Å². The standard InChI is InChI=1S/C15H16N2O3S/c1-3-12(11-6-4-10(2)5-7-11)16-15(18)13-8-9-14(21-13)17(19)20/h4-9,12H,3H2,1-2H3,(H,16,18). The Bertz CT molecular complexity index is 649. The zero-order valence-corrected chi connectivity index (χ0v) is 12.6. The van der Waals surface area contributed by atoms with Crippen LogP contribution in [0.2, 0.25) is 0 Å². The summed E-state index contributed by atoms with van der Waals surface area (Å²) in [7, 11) is 0. The Labute approximate surface area is 126 Å². The van der Waals surface area contributed by atoms with Gasteiger partial charge in [-0.3, -0.25) is 14.9 Å². The van der Waals surface area contributed by atoms with Crippen LogP contribution in [0.5, 0.6) is 0 Å². The number of nitrogens with one attached hydrogen (secondary N) is 1. The van der Waals surface area contributed by atoms with Crippen molar-refractivity contribution in [1.82, 2.24) is 5.32 Å². The second-order valence-corrected chi connectivity index (χ2v) is 5.80. The molecule has 0 radical (unpaired) electrons. The molecule has 1 aromatic heterocycles. The molecule has 0 fully saturated rings. The molecule has 0 aliphatic carbocycles. The van der Waals surface area contributed by atoms with Gasteiger partial charge in [-0.25, -0.2) is 0 Å². The first-order chi connectivity index (χ1) is 10.0. The number of rotatable bonds is 5. The highest BCUT2D eigenvalue weighted by atomic mass is 32.1. The fraction of sp³-hybridized carbons (Fsp3) is 0.267. The van der Waals surface area contributed by atoms with Crippen LogP contribution in [0.3, 0.4) is 0 Å². The van der Waals surface area contributed by atoms with Gasteiger partial charge in [0.15, 0.2) is 0 Å². The van der Waals surface area contributed by atoms with Crippen LogP contribution in [-0.2, 0) is 0 Å². The Morgan fingerprint density at radius 2 is 1.95 bits per heavy atom. The lowest BCUT2D eigenvalue weighted by molar-refractivity contribution is -0.380. The number of benzene rings is 1. The average molecular weight is 304 g/mol. The maximum Gasteiger partial charge on any atom is 0.324 e. The normalized spacial score (nSPS) is 11.9. The fourth-order valence-electron chi connectivity index (χ4n) is 2.00. The van der Waals surface area contributed by atoms with E-state index in [0.29, 0.717) is 4.88 Å². The largest absolute Gasteiger partial charge is 0.345 e. The Balaban J connectivity index is 2.12. The molecule has 0 aliphatic rings. The van der Waals surface area contributed by atoms with E-state index in [4.69, 9.17) is 0 Å². The average Bonchev–Trinajstić information content (AvgIpc) is 2.96. The maximum absolute atomic E-state index is 12.2. The van der Waals surface area contributed by atoms with E-state index < -0.39 is 4.92 Å². The van der Waals surface area contributed by atoms with E-state index in [2.05, 4.69) is 5.32 Å². The molecule has 0 bridgehead atoms. The minimum absolute atomic E-state index is 0.0245. The van der Waals surface area contributed by atoms with Crippen molar-refractivity contribution >= 4 is 22.2 Å². The number of carbonyl (C=O) groups excluding carboxylic acids is 1. The van der Waals surface area contributed by atoms with Crippen molar-refractivity contribution in [2.24, 2.45) is 0 Å². The second kappa shape index (κ2) is 6.49. The van der Waals surface area contributed by atoms with Gasteiger partial charge in [0.1, 0.15) is 0 Å². The second-order valence-electron chi connectivity index (χ2n) is 4.74. The molecular formula is C15H16N2O3S. The van der Waals surface area contributed by atoms with E-state index in [1.54, 1.807) is 0 Å². The Morgan fingerprint density at radius 3 is 2.48 bits per heavy atom. The predicted molar refractivity (Wildman–Crippen MR) is 82.7 cm³/mol. The van der Waals surface area contributed by atoms with Crippen molar-refractivity contribution in [1.29, 1.82) is 0 Å². The highest BCUT2D eigenvalue weighted by molar-refractivity contribution is 7.17. The monoisotopic (exact) mass is 304 g/mol. The van der Waals surface area contributed by atoms with Gasteiger partial charge in [0.2, 0.25) is 0 Å². The number of carbonyl (C=O) groups is 1. The Morgan fingerprint density at radius 1 is 1.29 bits per heavy atom. The summed E-state index contributed by atoms with van der Waals surface area (Å²) in [6.07, 6.45) is 0.752. The summed E-state index contributed by atoms with van der Waals surface area (Å²) in [5.41, 5.74) is 2.19. The molecule has 1 unspecified atom stereocenters. The predicted octanol–water partition coefficient (Wildman–Crippen LogP) is 3.85. The lowest BCUT2D eigenvalue weighted by Gasteiger charge is -2.17. The van der Waals surface area contributed by atoms with Gasteiger partial charge in [0, 0.05) is 6.07 Å². The number of hydrogen-bond donors (Lipinski definition) is 1. The SMILES string of the molecule is CCC(NC(=O)c1ccc([N+](=O)[O-])s1)c1ccc(C)cc1. The molecule has 6 heteroatoms. The third kappa shape index (κ3) is 3.66. The van der Waals surface area contributed by atoms with Crippen molar-refractivity contribution in [3.05, 3.63) is 62.5 Å². The van der Waals surface area contributed by atoms with Crippen LogP contribution in [0, 0.1) is 17.0 Å². The fourth-order valence-corrected chi connectivity index (χ4v) is 2.72. The third-order valence-corrected chi connectivity index (χ3v) is 4.22.